The van der Waals surface area contributed by atoms with Gasteiger partial charge in [0, 0.05) is 39.5 Å². The number of thiophene rings is 1. The molecule has 1 aliphatic heterocycles. The lowest BCUT2D eigenvalue weighted by atomic mass is 10.2. The fourth-order valence-electron chi connectivity index (χ4n) is 2.56. The summed E-state index contributed by atoms with van der Waals surface area (Å²) in [5.41, 5.74) is 2.22. The third-order valence-corrected chi connectivity index (χ3v) is 4.58. The predicted molar refractivity (Wildman–Crippen MR) is 83.4 cm³/mol. The van der Waals surface area contributed by atoms with Crippen molar-refractivity contribution in [3.63, 3.8) is 0 Å². The van der Waals surface area contributed by atoms with E-state index in [-0.39, 0.29) is 5.91 Å². The Hall–Kier alpha value is -1.50. The van der Waals surface area contributed by atoms with Gasteiger partial charge in [-0.25, -0.2) is 0 Å². The Morgan fingerprint density at radius 1 is 1.43 bits per heavy atom. The minimum atomic E-state index is 0.184. The molecule has 0 atom stereocenters. The Morgan fingerprint density at radius 3 is 3.14 bits per heavy atom. The number of fused-ring (bicyclic) bond motifs is 1. The summed E-state index contributed by atoms with van der Waals surface area (Å²) in [5, 5.41) is 2.06. The molecule has 21 heavy (non-hydrogen) atoms. The van der Waals surface area contributed by atoms with Gasteiger partial charge in [-0.3, -0.25) is 14.7 Å². The number of carbonyl (C=O) groups excluding carboxylic acids is 1. The Bertz CT molecular complexity index is 628. The number of hydrogen-bond acceptors (Lipinski definition) is 5. The van der Waals surface area contributed by atoms with E-state index in [0.29, 0.717) is 19.7 Å². The van der Waals surface area contributed by atoms with Gasteiger partial charge in [0.05, 0.1) is 23.4 Å². The van der Waals surface area contributed by atoms with Gasteiger partial charge in [-0.05, 0) is 23.1 Å². The molecule has 1 fully saturated rings. The molecule has 0 bridgehead atoms. The van der Waals surface area contributed by atoms with E-state index in [1.807, 2.05) is 17.2 Å². The van der Waals surface area contributed by atoms with Crippen molar-refractivity contribution in [3.8, 4) is 0 Å². The van der Waals surface area contributed by atoms with Crippen LogP contribution in [0.2, 0.25) is 0 Å². The van der Waals surface area contributed by atoms with Crippen LogP contribution in [0.5, 0.6) is 0 Å². The highest BCUT2D eigenvalue weighted by Crippen LogP contribution is 2.20. The molecule has 5 nitrogen and oxygen atoms in total. The molecule has 3 heterocycles. The van der Waals surface area contributed by atoms with Crippen LogP contribution in [0.3, 0.4) is 0 Å². The maximum absolute atomic E-state index is 12.1. The number of rotatable bonds is 5. The number of methoxy groups -OCH3 is 1. The quantitative estimate of drug-likeness (QED) is 0.841. The largest absolute Gasteiger partial charge is 0.383 e. The second-order valence-corrected chi connectivity index (χ2v) is 6.18. The van der Waals surface area contributed by atoms with E-state index in [9.17, 15) is 4.79 Å². The molecule has 2 aromatic heterocycles. The van der Waals surface area contributed by atoms with Crippen molar-refractivity contribution >= 4 is 27.5 Å². The van der Waals surface area contributed by atoms with E-state index < -0.39 is 0 Å². The molecular formula is C15H19N3O2S. The molecule has 1 aliphatic rings. The van der Waals surface area contributed by atoms with Crippen LogP contribution in [0.15, 0.2) is 23.7 Å². The van der Waals surface area contributed by atoms with Crippen LogP contribution < -0.4 is 0 Å². The first-order chi connectivity index (χ1) is 10.3. The second-order valence-electron chi connectivity index (χ2n) is 5.23. The van der Waals surface area contributed by atoms with Crippen molar-refractivity contribution in [3.05, 3.63) is 29.3 Å². The molecular weight excluding hydrogens is 286 g/mol. The van der Waals surface area contributed by atoms with E-state index in [1.54, 1.807) is 18.4 Å². The minimum absolute atomic E-state index is 0.184. The molecule has 6 heteroatoms. The number of aromatic nitrogens is 1. The Balaban J connectivity index is 1.60. The maximum atomic E-state index is 12.1. The number of nitrogens with zero attached hydrogens (tertiary/aromatic N) is 3. The highest BCUT2D eigenvalue weighted by molar-refractivity contribution is 7.17. The van der Waals surface area contributed by atoms with Gasteiger partial charge < -0.3 is 9.64 Å². The number of amides is 1. The summed E-state index contributed by atoms with van der Waals surface area (Å²) < 4.78 is 6.24. The molecule has 0 spiro atoms. The Morgan fingerprint density at radius 2 is 2.33 bits per heavy atom. The van der Waals surface area contributed by atoms with Gasteiger partial charge in [-0.1, -0.05) is 0 Å². The van der Waals surface area contributed by atoms with Crippen molar-refractivity contribution in [1.82, 2.24) is 14.8 Å². The monoisotopic (exact) mass is 305 g/mol. The number of piperazine rings is 1. The van der Waals surface area contributed by atoms with Crippen molar-refractivity contribution < 1.29 is 9.53 Å². The van der Waals surface area contributed by atoms with Gasteiger partial charge in [-0.15, -0.1) is 11.3 Å². The molecule has 0 saturated carbocycles. The average molecular weight is 305 g/mol. The summed E-state index contributed by atoms with van der Waals surface area (Å²) in [7, 11) is 1.66. The number of pyridine rings is 1. The fourth-order valence-corrected chi connectivity index (χ4v) is 3.37. The molecule has 0 aromatic carbocycles. The van der Waals surface area contributed by atoms with Gasteiger partial charge in [0.1, 0.15) is 0 Å². The van der Waals surface area contributed by atoms with E-state index in [1.165, 1.54) is 10.3 Å². The fraction of sp³-hybridized carbons (Fsp3) is 0.467. The molecule has 2 aromatic rings. The maximum Gasteiger partial charge on any atom is 0.236 e. The van der Waals surface area contributed by atoms with Crippen LogP contribution in [0, 0.1) is 0 Å². The van der Waals surface area contributed by atoms with E-state index >= 15 is 0 Å². The second kappa shape index (κ2) is 6.51. The third-order valence-electron chi connectivity index (χ3n) is 3.73. The normalized spacial score (nSPS) is 16.8. The highest BCUT2D eigenvalue weighted by atomic mass is 32.1. The van der Waals surface area contributed by atoms with Crippen molar-refractivity contribution in [2.75, 3.05) is 39.9 Å². The minimum Gasteiger partial charge on any atom is -0.383 e. The van der Waals surface area contributed by atoms with E-state index in [0.717, 1.165) is 25.2 Å². The zero-order valence-corrected chi connectivity index (χ0v) is 12.9. The van der Waals surface area contributed by atoms with Gasteiger partial charge in [-0.2, -0.15) is 0 Å². The molecule has 0 N–H and O–H groups in total. The average Bonchev–Trinajstić information content (AvgIpc) is 2.94. The number of hydrogen-bond donors (Lipinski definition) is 0. The molecule has 0 aliphatic carbocycles. The third kappa shape index (κ3) is 3.40. The smallest absolute Gasteiger partial charge is 0.236 e. The van der Waals surface area contributed by atoms with Gasteiger partial charge in [0.2, 0.25) is 5.91 Å². The van der Waals surface area contributed by atoms with Crippen LogP contribution in [-0.2, 0) is 16.1 Å². The molecule has 3 rings (SSSR count). The summed E-state index contributed by atoms with van der Waals surface area (Å²) in [6, 6.07) is 4.21. The first-order valence-corrected chi connectivity index (χ1v) is 7.95. The van der Waals surface area contributed by atoms with Crippen LogP contribution in [0.1, 0.15) is 5.56 Å². The van der Waals surface area contributed by atoms with Crippen molar-refractivity contribution in [2.45, 2.75) is 6.54 Å². The SMILES string of the molecule is COCCN1CCN(Cc2cnc3ccsc3c2)CC1=O. The summed E-state index contributed by atoms with van der Waals surface area (Å²) >= 11 is 1.70. The Labute approximate surface area is 128 Å². The molecule has 0 radical (unpaired) electrons. The summed E-state index contributed by atoms with van der Waals surface area (Å²) in [6.45, 7) is 4.22. The standard InChI is InChI=1S/C15H19N3O2S/c1-20-6-5-18-4-3-17(11-15(18)19)10-12-8-14-13(16-9-12)2-7-21-14/h2,7-9H,3-6,10-11H2,1H3. The molecule has 112 valence electrons. The lowest BCUT2D eigenvalue weighted by Gasteiger charge is -2.34. The zero-order valence-electron chi connectivity index (χ0n) is 12.1. The lowest BCUT2D eigenvalue weighted by molar-refractivity contribution is -0.136. The van der Waals surface area contributed by atoms with E-state index in [4.69, 9.17) is 4.74 Å². The van der Waals surface area contributed by atoms with Gasteiger partial charge in [0.25, 0.3) is 0 Å². The van der Waals surface area contributed by atoms with Crippen molar-refractivity contribution in [1.29, 1.82) is 0 Å². The number of carbonyl (C=O) groups is 1. The predicted octanol–water partition coefficient (Wildman–Crippen LogP) is 1.59. The van der Waals surface area contributed by atoms with Crippen LogP contribution >= 0.6 is 11.3 Å². The first-order valence-electron chi connectivity index (χ1n) is 7.07. The summed E-state index contributed by atoms with van der Waals surface area (Å²) in [5.74, 6) is 0.184. The Kier molecular flexibility index (Phi) is 4.48. The molecule has 0 unspecified atom stereocenters. The molecule has 1 saturated heterocycles. The summed E-state index contributed by atoms with van der Waals surface area (Å²) in [4.78, 5) is 20.6. The zero-order chi connectivity index (χ0) is 14.7. The van der Waals surface area contributed by atoms with Crippen molar-refractivity contribution in [2.24, 2.45) is 0 Å². The molecule has 1 amide bonds. The van der Waals surface area contributed by atoms with Crippen LogP contribution in [0.4, 0.5) is 0 Å². The number of ether oxygens (including phenoxy) is 1. The lowest BCUT2D eigenvalue weighted by Crippen LogP contribution is -2.50. The van der Waals surface area contributed by atoms with E-state index in [2.05, 4.69) is 21.3 Å². The van der Waals surface area contributed by atoms with Crippen LogP contribution in [0.25, 0.3) is 10.2 Å². The van der Waals surface area contributed by atoms with Crippen LogP contribution in [-0.4, -0.2) is 60.6 Å². The first kappa shape index (κ1) is 14.4. The summed E-state index contributed by atoms with van der Waals surface area (Å²) in [6.07, 6.45) is 1.91. The van der Waals surface area contributed by atoms with Gasteiger partial charge in [0.15, 0.2) is 0 Å². The highest BCUT2D eigenvalue weighted by Gasteiger charge is 2.23. The van der Waals surface area contributed by atoms with Gasteiger partial charge >= 0.3 is 0 Å². The topological polar surface area (TPSA) is 45.7 Å².